The Kier molecular flexibility index (Phi) is 8.30. The lowest BCUT2D eigenvalue weighted by atomic mass is 10.2. The molecule has 0 saturated heterocycles. The SMILES string of the molecule is CC(C)C(=N)N.NN. The lowest BCUT2D eigenvalue weighted by Crippen LogP contribution is -2.16. The van der Waals surface area contributed by atoms with Gasteiger partial charge < -0.3 is 5.73 Å². The molecule has 4 nitrogen and oxygen atoms in total. The van der Waals surface area contributed by atoms with E-state index in [-0.39, 0.29) is 11.8 Å². The summed E-state index contributed by atoms with van der Waals surface area (Å²) in [6.45, 7) is 3.78. The molecule has 0 aliphatic carbocycles. The molecule has 0 aromatic rings. The minimum absolute atomic E-state index is 0.213. The fourth-order valence-corrected chi connectivity index (χ4v) is 0. The number of amidine groups is 1. The second-order valence-corrected chi connectivity index (χ2v) is 1.61. The van der Waals surface area contributed by atoms with E-state index >= 15 is 0 Å². The van der Waals surface area contributed by atoms with Crippen molar-refractivity contribution in [2.24, 2.45) is 23.3 Å². The molecule has 0 rings (SSSR count). The zero-order chi connectivity index (χ0) is 7.15. The molecule has 0 fully saturated rings. The van der Waals surface area contributed by atoms with E-state index in [1.807, 2.05) is 13.8 Å². The highest BCUT2D eigenvalue weighted by Crippen LogP contribution is 1.85. The zero-order valence-corrected chi connectivity index (χ0v) is 5.31. The molecule has 0 atom stereocenters. The second kappa shape index (κ2) is 6.39. The molecule has 4 heteroatoms. The predicted molar refractivity (Wildman–Crippen MR) is 35.1 cm³/mol. The van der Waals surface area contributed by atoms with Crippen molar-refractivity contribution in [1.82, 2.24) is 0 Å². The molecule has 0 spiro atoms. The van der Waals surface area contributed by atoms with Crippen LogP contribution in [0, 0.1) is 11.3 Å². The summed E-state index contributed by atoms with van der Waals surface area (Å²) < 4.78 is 0. The van der Waals surface area contributed by atoms with Crippen molar-refractivity contribution in [3.8, 4) is 0 Å². The molecule has 7 N–H and O–H groups in total. The summed E-state index contributed by atoms with van der Waals surface area (Å²) in [4.78, 5) is 0. The van der Waals surface area contributed by atoms with Gasteiger partial charge in [0.25, 0.3) is 0 Å². The van der Waals surface area contributed by atoms with Crippen molar-refractivity contribution in [3.63, 3.8) is 0 Å². The summed E-state index contributed by atoms with van der Waals surface area (Å²) >= 11 is 0. The number of nitrogens with two attached hydrogens (primary N) is 3. The van der Waals surface area contributed by atoms with Crippen molar-refractivity contribution in [1.29, 1.82) is 5.41 Å². The van der Waals surface area contributed by atoms with Crippen molar-refractivity contribution < 1.29 is 0 Å². The Labute approximate surface area is 49.5 Å². The third kappa shape index (κ3) is 9.04. The fourth-order valence-electron chi connectivity index (χ4n) is 0. The van der Waals surface area contributed by atoms with Crippen LogP contribution in [0.4, 0.5) is 0 Å². The van der Waals surface area contributed by atoms with Gasteiger partial charge in [-0.05, 0) is 0 Å². The van der Waals surface area contributed by atoms with Gasteiger partial charge in [-0.3, -0.25) is 17.1 Å². The average molecular weight is 118 g/mol. The van der Waals surface area contributed by atoms with Gasteiger partial charge in [-0.25, -0.2) is 0 Å². The van der Waals surface area contributed by atoms with E-state index in [0.717, 1.165) is 0 Å². The van der Waals surface area contributed by atoms with Crippen molar-refractivity contribution in [2.75, 3.05) is 0 Å². The maximum absolute atomic E-state index is 6.73. The molecule has 0 bridgehead atoms. The van der Waals surface area contributed by atoms with Crippen LogP contribution in [0.2, 0.25) is 0 Å². The average Bonchev–Trinajstić information content (AvgIpc) is 1.72. The number of nitrogens with one attached hydrogen (secondary N) is 1. The van der Waals surface area contributed by atoms with Gasteiger partial charge in [-0.2, -0.15) is 0 Å². The fraction of sp³-hybridized carbons (Fsp3) is 0.750. The quantitative estimate of drug-likeness (QED) is 0.160. The number of hydrogen-bond donors (Lipinski definition) is 4. The maximum atomic E-state index is 6.73. The van der Waals surface area contributed by atoms with Crippen LogP contribution in [-0.2, 0) is 0 Å². The van der Waals surface area contributed by atoms with E-state index in [2.05, 4.69) is 11.7 Å². The first-order valence-corrected chi connectivity index (χ1v) is 2.32. The zero-order valence-electron chi connectivity index (χ0n) is 5.31. The van der Waals surface area contributed by atoms with Gasteiger partial charge in [0.15, 0.2) is 0 Å². The van der Waals surface area contributed by atoms with E-state index in [1.165, 1.54) is 0 Å². The van der Waals surface area contributed by atoms with Crippen molar-refractivity contribution >= 4 is 5.84 Å². The topological polar surface area (TPSA) is 102 Å². The van der Waals surface area contributed by atoms with Crippen LogP contribution in [0.3, 0.4) is 0 Å². The van der Waals surface area contributed by atoms with Gasteiger partial charge in [0.2, 0.25) is 0 Å². The Morgan fingerprint density at radius 1 is 1.38 bits per heavy atom. The standard InChI is InChI=1S/C4H10N2.H4N2/c1-3(2)4(5)6;1-2/h3H,1-2H3,(H3,5,6);1-2H2. The smallest absolute Gasteiger partial charge is 0.0931 e. The van der Waals surface area contributed by atoms with Crippen LogP contribution < -0.4 is 17.4 Å². The Bertz CT molecular complexity index is 59.1. The van der Waals surface area contributed by atoms with Crippen LogP contribution in [0.1, 0.15) is 13.8 Å². The molecule has 50 valence electrons. The van der Waals surface area contributed by atoms with Crippen molar-refractivity contribution in [3.05, 3.63) is 0 Å². The molecular formula is C4H14N4. The van der Waals surface area contributed by atoms with Crippen LogP contribution in [0.15, 0.2) is 0 Å². The molecule has 0 aromatic carbocycles. The summed E-state index contributed by atoms with van der Waals surface area (Å²) in [5.41, 5.74) is 5.02. The van der Waals surface area contributed by atoms with Gasteiger partial charge in [0, 0.05) is 5.92 Å². The summed E-state index contributed by atoms with van der Waals surface area (Å²) in [5, 5.41) is 6.73. The molecular weight excluding hydrogens is 104 g/mol. The van der Waals surface area contributed by atoms with Gasteiger partial charge in [0.05, 0.1) is 5.84 Å². The number of rotatable bonds is 1. The highest BCUT2D eigenvalue weighted by atomic mass is 15.0. The minimum atomic E-state index is 0.213. The Morgan fingerprint density at radius 3 is 1.50 bits per heavy atom. The van der Waals surface area contributed by atoms with E-state index in [0.29, 0.717) is 0 Å². The molecule has 0 aromatic heterocycles. The Hall–Kier alpha value is -0.610. The minimum Gasteiger partial charge on any atom is -0.387 e. The molecule has 0 amide bonds. The second-order valence-electron chi connectivity index (χ2n) is 1.61. The molecule has 0 heterocycles. The van der Waals surface area contributed by atoms with Crippen LogP contribution in [-0.4, -0.2) is 5.84 Å². The van der Waals surface area contributed by atoms with E-state index in [9.17, 15) is 0 Å². The van der Waals surface area contributed by atoms with E-state index in [1.54, 1.807) is 0 Å². The number of hydrogen-bond acceptors (Lipinski definition) is 3. The summed E-state index contributed by atoms with van der Waals surface area (Å²) in [7, 11) is 0. The number of hydrazine groups is 1. The lowest BCUT2D eigenvalue weighted by molar-refractivity contribution is 0.865. The predicted octanol–water partition coefficient (Wildman–Crippen LogP) is -0.603. The first-order chi connectivity index (χ1) is 3.64. The Balaban J connectivity index is 0. The third-order valence-corrected chi connectivity index (χ3v) is 0.622. The summed E-state index contributed by atoms with van der Waals surface area (Å²) in [5.74, 6) is 8.47. The summed E-state index contributed by atoms with van der Waals surface area (Å²) in [6, 6.07) is 0. The third-order valence-electron chi connectivity index (χ3n) is 0.622. The van der Waals surface area contributed by atoms with Gasteiger partial charge in [-0.15, -0.1) is 0 Å². The highest BCUT2D eigenvalue weighted by molar-refractivity contribution is 5.78. The Morgan fingerprint density at radius 2 is 1.50 bits per heavy atom. The molecule has 0 radical (unpaired) electrons. The van der Waals surface area contributed by atoms with E-state index < -0.39 is 0 Å². The summed E-state index contributed by atoms with van der Waals surface area (Å²) in [6.07, 6.45) is 0. The first-order valence-electron chi connectivity index (χ1n) is 2.32. The molecule has 0 aliphatic rings. The lowest BCUT2D eigenvalue weighted by Gasteiger charge is -1.95. The maximum Gasteiger partial charge on any atom is 0.0931 e. The molecule has 0 aliphatic heterocycles. The molecule has 0 saturated carbocycles. The van der Waals surface area contributed by atoms with Crippen LogP contribution in [0.25, 0.3) is 0 Å². The van der Waals surface area contributed by atoms with Gasteiger partial charge >= 0.3 is 0 Å². The van der Waals surface area contributed by atoms with Gasteiger partial charge in [-0.1, -0.05) is 13.8 Å². The normalized spacial score (nSPS) is 7.62. The first kappa shape index (κ1) is 10.4. The van der Waals surface area contributed by atoms with Crippen LogP contribution >= 0.6 is 0 Å². The van der Waals surface area contributed by atoms with Crippen molar-refractivity contribution in [2.45, 2.75) is 13.8 Å². The largest absolute Gasteiger partial charge is 0.387 e. The van der Waals surface area contributed by atoms with E-state index in [4.69, 9.17) is 11.1 Å². The monoisotopic (exact) mass is 118 g/mol. The highest BCUT2D eigenvalue weighted by Gasteiger charge is 1.91. The van der Waals surface area contributed by atoms with Gasteiger partial charge in [0.1, 0.15) is 0 Å². The molecule has 0 unspecified atom stereocenters. The molecule has 8 heavy (non-hydrogen) atoms. The van der Waals surface area contributed by atoms with Crippen LogP contribution in [0.5, 0.6) is 0 Å².